The number of para-hydroxylation sites is 5. The predicted octanol–water partition coefficient (Wildman–Crippen LogP) is 6.13. The molecule has 4 aromatic rings. The summed E-state index contributed by atoms with van der Waals surface area (Å²) in [4.78, 5) is 19.6. The predicted molar refractivity (Wildman–Crippen MR) is 126 cm³/mol. The zero-order valence-electron chi connectivity index (χ0n) is 17.3. The number of carbonyl (C=O) groups is 1. The van der Waals surface area contributed by atoms with Crippen LogP contribution in [0.4, 0.5) is 11.7 Å². The molecule has 7 heteroatoms. The molecule has 0 atom stereocenters. The second kappa shape index (κ2) is 8.93. The van der Waals surface area contributed by atoms with Crippen LogP contribution >= 0.6 is 11.6 Å². The van der Waals surface area contributed by atoms with Crippen LogP contribution in [0.15, 0.2) is 77.2 Å². The number of nitrogens with one attached hydrogen (secondary N) is 1. The minimum atomic E-state index is -0.0935. The third kappa shape index (κ3) is 4.27. The lowest BCUT2D eigenvalue weighted by atomic mass is 9.96. The van der Waals surface area contributed by atoms with Gasteiger partial charge in [0.1, 0.15) is 11.3 Å². The third-order valence-electron chi connectivity index (χ3n) is 5.62. The molecule has 32 heavy (non-hydrogen) atoms. The first-order valence-electron chi connectivity index (χ1n) is 10.6. The van der Waals surface area contributed by atoms with E-state index in [9.17, 15) is 4.79 Å². The number of oxazole rings is 1. The highest BCUT2D eigenvalue weighted by atomic mass is 35.5. The van der Waals surface area contributed by atoms with E-state index in [4.69, 9.17) is 20.8 Å². The number of ether oxygens (including phenoxy) is 1. The number of fused-ring (bicyclic) bond motifs is 1. The smallest absolute Gasteiger partial charge is 0.298 e. The summed E-state index contributed by atoms with van der Waals surface area (Å²) in [5, 5.41) is 3.55. The molecular weight excluding hydrogens is 426 g/mol. The maximum atomic E-state index is 13.0. The van der Waals surface area contributed by atoms with Crippen LogP contribution in [0, 0.1) is 5.92 Å². The number of aromatic nitrogens is 1. The maximum Gasteiger partial charge on any atom is 0.298 e. The average molecular weight is 448 g/mol. The first-order chi connectivity index (χ1) is 15.7. The van der Waals surface area contributed by atoms with E-state index in [-0.39, 0.29) is 11.8 Å². The van der Waals surface area contributed by atoms with Gasteiger partial charge in [0.15, 0.2) is 11.3 Å². The molecule has 1 N–H and O–H groups in total. The SMILES string of the molecule is O=C(Nc1ccccc1Oc1ccccc1Cl)C1CCN(c2nc3ccccc3o2)CC1. The molecule has 162 valence electrons. The molecule has 2 heterocycles. The monoisotopic (exact) mass is 447 g/mol. The van der Waals surface area contributed by atoms with Crippen molar-refractivity contribution in [3.63, 3.8) is 0 Å². The quantitative estimate of drug-likeness (QED) is 0.398. The molecule has 1 fully saturated rings. The largest absolute Gasteiger partial charge is 0.454 e. The summed E-state index contributed by atoms with van der Waals surface area (Å²) < 4.78 is 11.8. The van der Waals surface area contributed by atoms with E-state index in [0.717, 1.165) is 23.9 Å². The topological polar surface area (TPSA) is 67.6 Å². The molecule has 0 aliphatic carbocycles. The van der Waals surface area contributed by atoms with E-state index in [2.05, 4.69) is 15.2 Å². The Balaban J connectivity index is 1.23. The number of nitrogens with zero attached hydrogens (tertiary/aromatic N) is 2. The molecule has 0 radical (unpaired) electrons. The molecular formula is C25H22ClN3O3. The number of anilines is 2. The van der Waals surface area contributed by atoms with E-state index in [1.807, 2.05) is 60.7 Å². The summed E-state index contributed by atoms with van der Waals surface area (Å²) in [6, 6.07) is 23.0. The van der Waals surface area contributed by atoms with Gasteiger partial charge < -0.3 is 19.4 Å². The number of rotatable bonds is 5. The fraction of sp³-hybridized carbons (Fsp3) is 0.200. The van der Waals surface area contributed by atoms with Gasteiger partial charge in [0.05, 0.1) is 10.7 Å². The molecule has 0 saturated carbocycles. The normalized spacial score (nSPS) is 14.5. The standard InChI is InChI=1S/C25H22ClN3O3/c26-18-7-1-4-10-21(18)31-22-11-5-2-8-19(22)27-24(30)17-13-15-29(16-14-17)25-28-20-9-3-6-12-23(20)32-25/h1-12,17H,13-16H2,(H,27,30). The Labute approximate surface area is 190 Å². The van der Waals surface area contributed by atoms with Gasteiger partial charge in [-0.05, 0) is 49.2 Å². The van der Waals surface area contributed by atoms with Gasteiger partial charge in [-0.3, -0.25) is 4.79 Å². The van der Waals surface area contributed by atoms with Gasteiger partial charge in [-0.25, -0.2) is 0 Å². The zero-order valence-corrected chi connectivity index (χ0v) is 18.1. The van der Waals surface area contributed by atoms with E-state index < -0.39 is 0 Å². The molecule has 1 aliphatic heterocycles. The van der Waals surface area contributed by atoms with Crippen LogP contribution in [0.5, 0.6) is 11.5 Å². The maximum absolute atomic E-state index is 13.0. The second-order valence-corrected chi connectivity index (χ2v) is 8.15. The molecule has 5 rings (SSSR count). The van der Waals surface area contributed by atoms with Gasteiger partial charge in [0.2, 0.25) is 5.91 Å². The highest BCUT2D eigenvalue weighted by Gasteiger charge is 2.27. The molecule has 1 aliphatic rings. The van der Waals surface area contributed by atoms with E-state index in [1.165, 1.54) is 0 Å². The van der Waals surface area contributed by atoms with E-state index in [1.54, 1.807) is 12.1 Å². The fourth-order valence-corrected chi connectivity index (χ4v) is 4.04. The van der Waals surface area contributed by atoms with E-state index >= 15 is 0 Å². The van der Waals surface area contributed by atoms with Gasteiger partial charge in [-0.1, -0.05) is 48.0 Å². The Bertz CT molecular complexity index is 1210. The number of carbonyl (C=O) groups excluding carboxylic acids is 1. The van der Waals surface area contributed by atoms with Gasteiger partial charge >= 0.3 is 0 Å². The molecule has 3 aromatic carbocycles. The molecule has 1 amide bonds. The van der Waals surface area contributed by atoms with Crippen molar-refractivity contribution in [2.45, 2.75) is 12.8 Å². The molecule has 6 nitrogen and oxygen atoms in total. The second-order valence-electron chi connectivity index (χ2n) is 7.74. The summed E-state index contributed by atoms with van der Waals surface area (Å²) in [6.45, 7) is 1.42. The van der Waals surface area contributed by atoms with Crippen LogP contribution in [0.2, 0.25) is 5.02 Å². The van der Waals surface area contributed by atoms with E-state index in [0.29, 0.717) is 41.3 Å². The summed E-state index contributed by atoms with van der Waals surface area (Å²) in [5.74, 6) is 0.988. The lowest BCUT2D eigenvalue weighted by Gasteiger charge is -2.30. The molecule has 0 unspecified atom stereocenters. The van der Waals surface area contributed by atoms with Gasteiger partial charge in [-0.15, -0.1) is 0 Å². The van der Waals surface area contributed by atoms with Crippen molar-refractivity contribution in [2.24, 2.45) is 5.92 Å². The Morgan fingerprint density at radius 3 is 2.44 bits per heavy atom. The minimum Gasteiger partial charge on any atom is -0.454 e. The Hall–Kier alpha value is -3.51. The first-order valence-corrected chi connectivity index (χ1v) is 11.0. The number of hydrogen-bond acceptors (Lipinski definition) is 5. The summed E-state index contributed by atoms with van der Waals surface area (Å²) in [6.07, 6.45) is 1.44. The number of piperidine rings is 1. The molecule has 1 saturated heterocycles. The first kappa shape index (κ1) is 20.4. The number of amides is 1. The summed E-state index contributed by atoms with van der Waals surface area (Å²) in [7, 11) is 0. The van der Waals surface area contributed by atoms with Crippen molar-refractivity contribution < 1.29 is 13.9 Å². The molecule has 0 spiro atoms. The van der Waals surface area contributed by atoms with Crippen molar-refractivity contribution in [1.82, 2.24) is 4.98 Å². The van der Waals surface area contributed by atoms with Crippen LogP contribution in [-0.2, 0) is 4.79 Å². The van der Waals surface area contributed by atoms with Crippen LogP contribution in [-0.4, -0.2) is 24.0 Å². The highest BCUT2D eigenvalue weighted by molar-refractivity contribution is 6.32. The lowest BCUT2D eigenvalue weighted by molar-refractivity contribution is -0.120. The summed E-state index contributed by atoms with van der Waals surface area (Å²) in [5.41, 5.74) is 2.24. The highest BCUT2D eigenvalue weighted by Crippen LogP contribution is 2.34. The third-order valence-corrected chi connectivity index (χ3v) is 5.93. The Morgan fingerprint density at radius 2 is 1.66 bits per heavy atom. The summed E-state index contributed by atoms with van der Waals surface area (Å²) >= 11 is 6.21. The van der Waals surface area contributed by atoms with Crippen LogP contribution in [0.3, 0.4) is 0 Å². The molecule has 0 bridgehead atoms. The number of halogens is 1. The van der Waals surface area contributed by atoms with Crippen molar-refractivity contribution in [2.75, 3.05) is 23.3 Å². The van der Waals surface area contributed by atoms with Gasteiger partial charge in [0, 0.05) is 19.0 Å². The van der Waals surface area contributed by atoms with Crippen molar-refractivity contribution in [1.29, 1.82) is 0 Å². The van der Waals surface area contributed by atoms with Crippen LogP contribution in [0.1, 0.15) is 12.8 Å². The van der Waals surface area contributed by atoms with Gasteiger partial charge in [-0.2, -0.15) is 4.98 Å². The van der Waals surface area contributed by atoms with Crippen molar-refractivity contribution in [3.05, 3.63) is 77.8 Å². The number of hydrogen-bond donors (Lipinski definition) is 1. The zero-order chi connectivity index (χ0) is 21.9. The Morgan fingerprint density at radius 1 is 0.969 bits per heavy atom. The van der Waals surface area contributed by atoms with Crippen LogP contribution < -0.4 is 15.0 Å². The van der Waals surface area contributed by atoms with Gasteiger partial charge in [0.25, 0.3) is 6.01 Å². The van der Waals surface area contributed by atoms with Crippen molar-refractivity contribution in [3.8, 4) is 11.5 Å². The van der Waals surface area contributed by atoms with Crippen LogP contribution in [0.25, 0.3) is 11.1 Å². The van der Waals surface area contributed by atoms with Crippen molar-refractivity contribution >= 4 is 40.3 Å². The Kier molecular flexibility index (Phi) is 5.69. The lowest BCUT2D eigenvalue weighted by Crippen LogP contribution is -2.38. The molecule has 1 aromatic heterocycles. The minimum absolute atomic E-state index is 0.0163. The average Bonchev–Trinajstić information content (AvgIpc) is 3.26. The number of benzene rings is 3. The fourth-order valence-electron chi connectivity index (χ4n) is 3.87.